The summed E-state index contributed by atoms with van der Waals surface area (Å²) in [6.45, 7) is 4.73. The van der Waals surface area contributed by atoms with E-state index in [1.807, 2.05) is 11.3 Å². The fourth-order valence-electron chi connectivity index (χ4n) is 8.26. The van der Waals surface area contributed by atoms with Gasteiger partial charge in [-0.3, -0.25) is 0 Å². The Morgan fingerprint density at radius 2 is 1.02 bits per heavy atom. The smallest absolute Gasteiger partial charge is 0.0547 e. The summed E-state index contributed by atoms with van der Waals surface area (Å²) in [5, 5.41) is 5.12. The molecule has 0 bridgehead atoms. The molecule has 0 spiro atoms. The van der Waals surface area contributed by atoms with Gasteiger partial charge in [-0.25, -0.2) is 0 Å². The number of hydrogen-bond donors (Lipinski definition) is 0. The first-order valence-corrected chi connectivity index (χ1v) is 18.5. The van der Waals surface area contributed by atoms with E-state index in [-0.39, 0.29) is 5.41 Å². The zero-order valence-electron chi connectivity index (χ0n) is 28.6. The SMILES string of the molecule is CC1(C)c2ccccc2-c2ccc(N(c3ccc(-c4ccccc4)cc3)c3cc4c5ccccc5sc4c4ccc(-c5ccccc5)cc34)cc21. The van der Waals surface area contributed by atoms with Crippen LogP contribution in [-0.2, 0) is 5.41 Å². The minimum absolute atomic E-state index is 0.110. The minimum atomic E-state index is -0.110. The summed E-state index contributed by atoms with van der Waals surface area (Å²) in [4.78, 5) is 2.50. The van der Waals surface area contributed by atoms with Crippen molar-refractivity contribution < 1.29 is 0 Å². The zero-order chi connectivity index (χ0) is 34.1. The molecule has 0 saturated carbocycles. The molecular weight excluding hydrogens is 635 g/mol. The Hall–Kier alpha value is -5.96. The van der Waals surface area contributed by atoms with Gasteiger partial charge in [0.25, 0.3) is 0 Å². The van der Waals surface area contributed by atoms with E-state index in [9.17, 15) is 0 Å². The van der Waals surface area contributed by atoms with Crippen LogP contribution in [0.4, 0.5) is 17.1 Å². The Kier molecular flexibility index (Phi) is 6.78. The van der Waals surface area contributed by atoms with Crippen LogP contribution >= 0.6 is 11.3 Å². The maximum atomic E-state index is 2.50. The highest BCUT2D eigenvalue weighted by Gasteiger charge is 2.36. The molecule has 0 amide bonds. The van der Waals surface area contributed by atoms with Crippen molar-refractivity contribution in [2.45, 2.75) is 19.3 Å². The molecule has 242 valence electrons. The van der Waals surface area contributed by atoms with Crippen molar-refractivity contribution in [2.75, 3.05) is 4.90 Å². The fourth-order valence-corrected chi connectivity index (χ4v) is 9.49. The van der Waals surface area contributed by atoms with Crippen molar-refractivity contribution in [2.24, 2.45) is 0 Å². The molecule has 8 aromatic carbocycles. The van der Waals surface area contributed by atoms with Crippen molar-refractivity contribution >= 4 is 59.3 Å². The van der Waals surface area contributed by atoms with E-state index in [1.54, 1.807) is 0 Å². The molecule has 10 rings (SSSR count). The summed E-state index contributed by atoms with van der Waals surface area (Å²) in [6, 6.07) is 64.9. The molecule has 0 N–H and O–H groups in total. The molecule has 1 aliphatic rings. The molecule has 2 heteroatoms. The van der Waals surface area contributed by atoms with Crippen LogP contribution in [0.5, 0.6) is 0 Å². The lowest BCUT2D eigenvalue weighted by Gasteiger charge is -2.29. The lowest BCUT2D eigenvalue weighted by atomic mass is 9.82. The van der Waals surface area contributed by atoms with Crippen LogP contribution in [0.3, 0.4) is 0 Å². The van der Waals surface area contributed by atoms with Crippen LogP contribution in [0.25, 0.3) is 64.3 Å². The summed E-state index contributed by atoms with van der Waals surface area (Å²) in [5.74, 6) is 0. The van der Waals surface area contributed by atoms with Gasteiger partial charge in [-0.05, 0) is 87.0 Å². The van der Waals surface area contributed by atoms with Crippen LogP contribution in [0, 0.1) is 0 Å². The normalized spacial score (nSPS) is 13.1. The molecule has 1 nitrogen and oxygen atoms in total. The van der Waals surface area contributed by atoms with Gasteiger partial charge in [-0.2, -0.15) is 0 Å². The topological polar surface area (TPSA) is 3.24 Å². The first-order valence-electron chi connectivity index (χ1n) is 17.7. The Labute approximate surface area is 302 Å². The van der Waals surface area contributed by atoms with E-state index in [1.165, 1.54) is 81.1 Å². The van der Waals surface area contributed by atoms with Crippen molar-refractivity contribution in [3.8, 4) is 33.4 Å². The van der Waals surface area contributed by atoms with Gasteiger partial charge in [0.15, 0.2) is 0 Å². The molecule has 0 fully saturated rings. The summed E-state index contributed by atoms with van der Waals surface area (Å²) in [5.41, 5.74) is 13.6. The van der Waals surface area contributed by atoms with E-state index in [0.29, 0.717) is 0 Å². The van der Waals surface area contributed by atoms with Crippen LogP contribution in [0.15, 0.2) is 176 Å². The Balaban J connectivity index is 1.26. The van der Waals surface area contributed by atoms with Gasteiger partial charge in [-0.15, -0.1) is 11.3 Å². The Morgan fingerprint density at radius 3 is 1.80 bits per heavy atom. The lowest BCUT2D eigenvalue weighted by molar-refractivity contribution is 0.660. The average molecular weight is 670 g/mol. The standard InChI is InChI=1S/C49H35NS/c1-49(2)44-19-11-9-17-38(44)39-28-26-37(30-45(39)49)50(36-24-21-34(22-25-36)32-13-5-3-6-14-32)46-31-43-40-18-10-12-20-47(40)51-48(43)41-27-23-35(29-42(41)46)33-15-7-4-8-16-33/h3-31H,1-2H3. The number of hydrogen-bond acceptors (Lipinski definition) is 2. The number of thiophene rings is 1. The number of nitrogens with zero attached hydrogens (tertiary/aromatic N) is 1. The van der Waals surface area contributed by atoms with Crippen LogP contribution in [-0.4, -0.2) is 0 Å². The molecule has 0 saturated heterocycles. The van der Waals surface area contributed by atoms with Crippen molar-refractivity contribution in [3.63, 3.8) is 0 Å². The highest BCUT2D eigenvalue weighted by atomic mass is 32.1. The molecule has 0 atom stereocenters. The van der Waals surface area contributed by atoms with Crippen LogP contribution in [0.2, 0.25) is 0 Å². The largest absolute Gasteiger partial charge is 0.310 e. The van der Waals surface area contributed by atoms with Gasteiger partial charge >= 0.3 is 0 Å². The number of fused-ring (bicyclic) bond motifs is 8. The van der Waals surface area contributed by atoms with Gasteiger partial charge < -0.3 is 4.90 Å². The quantitative estimate of drug-likeness (QED) is 0.176. The van der Waals surface area contributed by atoms with Crippen LogP contribution in [0.1, 0.15) is 25.0 Å². The second kappa shape index (κ2) is 11.6. The second-order valence-corrected chi connectivity index (χ2v) is 15.2. The third-order valence-corrected chi connectivity index (χ3v) is 12.1. The molecule has 0 unspecified atom stereocenters. The van der Waals surface area contributed by atoms with Crippen molar-refractivity contribution in [1.82, 2.24) is 0 Å². The predicted octanol–water partition coefficient (Wildman–Crippen LogP) is 14.3. The minimum Gasteiger partial charge on any atom is -0.310 e. The number of benzene rings is 8. The predicted molar refractivity (Wildman–Crippen MR) is 220 cm³/mol. The molecule has 1 aromatic heterocycles. The van der Waals surface area contributed by atoms with E-state index in [4.69, 9.17) is 0 Å². The number of anilines is 3. The first-order chi connectivity index (χ1) is 25.0. The Bertz CT molecular complexity index is 2760. The van der Waals surface area contributed by atoms with Gasteiger partial charge in [0.2, 0.25) is 0 Å². The molecule has 0 aliphatic heterocycles. The number of rotatable bonds is 5. The van der Waals surface area contributed by atoms with Gasteiger partial charge in [0.1, 0.15) is 0 Å². The molecule has 51 heavy (non-hydrogen) atoms. The lowest BCUT2D eigenvalue weighted by Crippen LogP contribution is -2.16. The second-order valence-electron chi connectivity index (χ2n) is 14.1. The van der Waals surface area contributed by atoms with Gasteiger partial charge in [-0.1, -0.05) is 147 Å². The maximum absolute atomic E-state index is 2.50. The highest BCUT2D eigenvalue weighted by Crippen LogP contribution is 2.52. The summed E-state index contributed by atoms with van der Waals surface area (Å²) in [6.07, 6.45) is 0. The van der Waals surface area contributed by atoms with E-state index in [0.717, 1.165) is 11.4 Å². The summed E-state index contributed by atoms with van der Waals surface area (Å²) in [7, 11) is 0. The third kappa shape index (κ3) is 4.75. The zero-order valence-corrected chi connectivity index (χ0v) is 29.4. The fraction of sp³-hybridized carbons (Fsp3) is 0.0612. The van der Waals surface area contributed by atoms with Crippen molar-refractivity contribution in [3.05, 3.63) is 187 Å². The molecule has 1 heterocycles. The summed E-state index contributed by atoms with van der Waals surface area (Å²) < 4.78 is 2.65. The van der Waals surface area contributed by atoms with Crippen LogP contribution < -0.4 is 4.90 Å². The van der Waals surface area contributed by atoms with Gasteiger partial charge in [0.05, 0.1) is 5.69 Å². The molecule has 9 aromatic rings. The monoisotopic (exact) mass is 669 g/mol. The van der Waals surface area contributed by atoms with E-state index >= 15 is 0 Å². The van der Waals surface area contributed by atoms with E-state index in [2.05, 4.69) is 195 Å². The molecule has 1 aliphatic carbocycles. The molecular formula is C49H35NS. The highest BCUT2D eigenvalue weighted by molar-refractivity contribution is 7.26. The van der Waals surface area contributed by atoms with Gasteiger partial charge in [0, 0.05) is 47.7 Å². The maximum Gasteiger partial charge on any atom is 0.0547 e. The summed E-state index contributed by atoms with van der Waals surface area (Å²) >= 11 is 1.89. The van der Waals surface area contributed by atoms with Crippen molar-refractivity contribution in [1.29, 1.82) is 0 Å². The third-order valence-electron chi connectivity index (χ3n) is 10.9. The Morgan fingerprint density at radius 1 is 0.412 bits per heavy atom. The first kappa shape index (κ1) is 29.9. The molecule has 0 radical (unpaired) electrons. The van der Waals surface area contributed by atoms with E-state index < -0.39 is 0 Å². The average Bonchev–Trinajstić information content (AvgIpc) is 3.68.